The highest BCUT2D eigenvalue weighted by atomic mass is 16.6. The van der Waals surface area contributed by atoms with Gasteiger partial charge in [0.1, 0.15) is 23.9 Å². The predicted molar refractivity (Wildman–Crippen MR) is 175 cm³/mol. The lowest BCUT2D eigenvalue weighted by molar-refractivity contribution is -0.140. The summed E-state index contributed by atoms with van der Waals surface area (Å²) in [4.78, 5) is 66.2. The van der Waals surface area contributed by atoms with Crippen molar-refractivity contribution in [3.05, 3.63) is 71.8 Å². The maximum Gasteiger partial charge on any atom is 0.411 e. The lowest BCUT2D eigenvalue weighted by Gasteiger charge is -2.29. The Morgan fingerprint density at radius 3 is 2.11 bits per heavy atom. The molecule has 6 N–H and O–H groups in total. The molecule has 3 atom stereocenters. The molecule has 0 radical (unpaired) electrons. The number of hydrazone groups is 1. The molecule has 254 valence electrons. The van der Waals surface area contributed by atoms with Crippen LogP contribution >= 0.6 is 0 Å². The van der Waals surface area contributed by atoms with Crippen molar-refractivity contribution >= 4 is 35.6 Å². The van der Waals surface area contributed by atoms with E-state index in [0.717, 1.165) is 11.1 Å². The molecule has 1 saturated heterocycles. The maximum atomic E-state index is 13.6. The Hall–Kier alpha value is -4.98. The maximum absolute atomic E-state index is 13.6. The molecule has 14 heteroatoms. The van der Waals surface area contributed by atoms with Crippen molar-refractivity contribution in [2.75, 3.05) is 20.2 Å². The smallest absolute Gasteiger partial charge is 0.411 e. The van der Waals surface area contributed by atoms with Crippen LogP contribution in [0.15, 0.2) is 65.8 Å². The average molecular weight is 652 g/mol. The SMILES string of the molecule is CCCC(NC(=O)[C@@H]1CC(N)CN1C(=O)OC(C)(C)C)C(=NNC(=O)NC(c1ccccc1)c1ccccc1)C(=O)NCC(=O)OC. The molecule has 2 aromatic rings. The monoisotopic (exact) mass is 651 g/mol. The quantitative estimate of drug-likeness (QED) is 0.131. The number of urea groups is 1. The molecule has 2 aromatic carbocycles. The first-order valence-electron chi connectivity index (χ1n) is 15.5. The Labute approximate surface area is 274 Å². The number of nitrogens with zero attached hydrogens (tertiary/aromatic N) is 2. The zero-order chi connectivity index (χ0) is 34.6. The minimum Gasteiger partial charge on any atom is -0.468 e. The minimum atomic E-state index is -1.01. The number of benzene rings is 2. The van der Waals surface area contributed by atoms with Gasteiger partial charge in [0.2, 0.25) is 5.91 Å². The highest BCUT2D eigenvalue weighted by Crippen LogP contribution is 2.22. The van der Waals surface area contributed by atoms with Crippen LogP contribution in [0.3, 0.4) is 0 Å². The molecule has 1 heterocycles. The van der Waals surface area contributed by atoms with Crippen molar-refractivity contribution in [1.29, 1.82) is 0 Å². The number of hydrogen-bond acceptors (Lipinski definition) is 9. The largest absolute Gasteiger partial charge is 0.468 e. The van der Waals surface area contributed by atoms with Gasteiger partial charge in [0.05, 0.1) is 19.2 Å². The number of nitrogens with one attached hydrogen (secondary N) is 4. The molecule has 1 aliphatic heterocycles. The minimum absolute atomic E-state index is 0.109. The molecule has 0 aliphatic carbocycles. The molecule has 2 unspecified atom stereocenters. The summed E-state index contributed by atoms with van der Waals surface area (Å²) in [5, 5.41) is 12.2. The number of likely N-dealkylation sites (tertiary alicyclic amines) is 1. The molecular formula is C33H45N7O7. The van der Waals surface area contributed by atoms with E-state index in [-0.39, 0.29) is 25.1 Å². The molecule has 0 saturated carbocycles. The summed E-state index contributed by atoms with van der Waals surface area (Å²) < 4.78 is 10.1. The van der Waals surface area contributed by atoms with Crippen LogP contribution in [0.2, 0.25) is 0 Å². The van der Waals surface area contributed by atoms with Gasteiger partial charge in [-0.25, -0.2) is 15.0 Å². The van der Waals surface area contributed by atoms with E-state index in [4.69, 9.17) is 10.5 Å². The van der Waals surface area contributed by atoms with Gasteiger partial charge in [-0.2, -0.15) is 5.10 Å². The van der Waals surface area contributed by atoms with Crippen molar-refractivity contribution in [2.24, 2.45) is 10.8 Å². The van der Waals surface area contributed by atoms with Crippen LogP contribution < -0.4 is 27.1 Å². The van der Waals surface area contributed by atoms with E-state index >= 15 is 0 Å². The fraction of sp³-hybridized carbons (Fsp3) is 0.455. The summed E-state index contributed by atoms with van der Waals surface area (Å²) in [6.07, 6.45) is 0.227. The Kier molecular flexibility index (Phi) is 13.3. The van der Waals surface area contributed by atoms with E-state index < -0.39 is 66.2 Å². The van der Waals surface area contributed by atoms with Crippen molar-refractivity contribution in [1.82, 2.24) is 26.3 Å². The average Bonchev–Trinajstić information content (AvgIpc) is 3.44. The molecular weight excluding hydrogens is 606 g/mol. The third kappa shape index (κ3) is 11.1. The van der Waals surface area contributed by atoms with Crippen LogP contribution in [0.4, 0.5) is 9.59 Å². The lowest BCUT2D eigenvalue weighted by Crippen LogP contribution is -2.54. The van der Waals surface area contributed by atoms with Gasteiger partial charge < -0.3 is 31.2 Å². The fourth-order valence-electron chi connectivity index (χ4n) is 5.00. The van der Waals surface area contributed by atoms with Crippen LogP contribution in [0.5, 0.6) is 0 Å². The summed E-state index contributed by atoms with van der Waals surface area (Å²) in [7, 11) is 1.17. The number of carbonyl (C=O) groups is 5. The van der Waals surface area contributed by atoms with E-state index in [9.17, 15) is 24.0 Å². The number of hydrogen-bond donors (Lipinski definition) is 5. The van der Waals surface area contributed by atoms with E-state index in [1.165, 1.54) is 12.0 Å². The second kappa shape index (κ2) is 17.1. The standard InChI is InChI=1S/C33H45N7O7/c1-6-13-24(36-29(42)25-18-23(34)20-40(25)32(45)47-33(2,3)4)28(30(43)35-19-26(41)46-5)38-39-31(44)37-27(21-14-9-7-10-15-21)22-16-11-8-12-17-22/h7-12,14-17,23-25,27H,6,13,18-20,34H2,1-5H3,(H,35,43)(H,36,42)(H2,37,39,44)/t23?,24?,25-/m0/s1. The zero-order valence-electron chi connectivity index (χ0n) is 27.4. The first-order valence-corrected chi connectivity index (χ1v) is 15.5. The molecule has 47 heavy (non-hydrogen) atoms. The van der Waals surface area contributed by atoms with Gasteiger partial charge >= 0.3 is 18.1 Å². The van der Waals surface area contributed by atoms with Crippen LogP contribution in [-0.2, 0) is 23.9 Å². The zero-order valence-corrected chi connectivity index (χ0v) is 27.4. The molecule has 14 nitrogen and oxygen atoms in total. The second-order valence-electron chi connectivity index (χ2n) is 12.1. The first kappa shape index (κ1) is 36.5. The highest BCUT2D eigenvalue weighted by Gasteiger charge is 2.41. The van der Waals surface area contributed by atoms with Gasteiger partial charge in [-0.15, -0.1) is 0 Å². The number of carbonyl (C=O) groups excluding carboxylic acids is 5. The van der Waals surface area contributed by atoms with Crippen LogP contribution in [0, 0.1) is 0 Å². The Bertz CT molecular complexity index is 1370. The molecule has 0 spiro atoms. The Morgan fingerprint density at radius 2 is 1.57 bits per heavy atom. The highest BCUT2D eigenvalue weighted by molar-refractivity contribution is 6.41. The third-order valence-electron chi connectivity index (χ3n) is 7.16. The van der Waals surface area contributed by atoms with Gasteiger partial charge in [-0.1, -0.05) is 74.0 Å². The third-order valence-corrected chi connectivity index (χ3v) is 7.16. The first-order chi connectivity index (χ1) is 22.3. The van der Waals surface area contributed by atoms with Crippen LogP contribution in [0.1, 0.15) is 64.1 Å². The number of amides is 5. The summed E-state index contributed by atoms with van der Waals surface area (Å²) in [6, 6.07) is 14.9. The number of methoxy groups -OCH3 is 1. The summed E-state index contributed by atoms with van der Waals surface area (Å²) >= 11 is 0. The van der Waals surface area contributed by atoms with E-state index in [2.05, 4.69) is 31.2 Å². The summed E-state index contributed by atoms with van der Waals surface area (Å²) in [5.41, 5.74) is 9.08. The lowest BCUT2D eigenvalue weighted by atomic mass is 9.99. The molecule has 3 rings (SSSR count). The van der Waals surface area contributed by atoms with Gasteiger partial charge in [0.25, 0.3) is 5.91 Å². The van der Waals surface area contributed by atoms with Crippen molar-refractivity contribution in [3.8, 4) is 0 Å². The predicted octanol–water partition coefficient (Wildman–Crippen LogP) is 2.34. The topological polar surface area (TPSA) is 194 Å². The van der Waals surface area contributed by atoms with Crippen molar-refractivity contribution < 1.29 is 33.4 Å². The van der Waals surface area contributed by atoms with Crippen LogP contribution in [0.25, 0.3) is 0 Å². The summed E-state index contributed by atoms with van der Waals surface area (Å²) in [5.74, 6) is -2.10. The molecule has 0 bridgehead atoms. The van der Waals surface area contributed by atoms with Gasteiger partial charge in [0, 0.05) is 12.6 Å². The number of rotatable bonds is 12. The number of ether oxygens (including phenoxy) is 2. The Balaban J connectivity index is 1.87. The molecule has 0 aromatic heterocycles. The normalized spacial score (nSPS) is 17.0. The van der Waals surface area contributed by atoms with E-state index in [0.29, 0.717) is 6.42 Å². The fourth-order valence-corrected chi connectivity index (χ4v) is 5.00. The molecule has 1 fully saturated rings. The van der Waals surface area contributed by atoms with E-state index in [1.54, 1.807) is 20.8 Å². The van der Waals surface area contributed by atoms with Crippen LogP contribution in [-0.4, -0.2) is 84.4 Å². The van der Waals surface area contributed by atoms with E-state index in [1.807, 2.05) is 67.6 Å². The van der Waals surface area contributed by atoms with Gasteiger partial charge in [-0.05, 0) is 44.7 Å². The number of esters is 1. The van der Waals surface area contributed by atoms with Crippen molar-refractivity contribution in [2.45, 2.75) is 76.7 Å². The second-order valence-corrected chi connectivity index (χ2v) is 12.1. The molecule has 5 amide bonds. The summed E-state index contributed by atoms with van der Waals surface area (Å²) in [6.45, 7) is 6.63. The Morgan fingerprint density at radius 1 is 0.979 bits per heavy atom. The van der Waals surface area contributed by atoms with Gasteiger partial charge in [-0.3, -0.25) is 19.3 Å². The molecule has 1 aliphatic rings. The van der Waals surface area contributed by atoms with Gasteiger partial charge in [0.15, 0.2) is 0 Å². The number of nitrogens with two attached hydrogens (primary N) is 1. The van der Waals surface area contributed by atoms with Crippen molar-refractivity contribution in [3.63, 3.8) is 0 Å².